The molecule has 2 aromatic carbocycles. The normalized spacial score (nSPS) is 11.3. The van der Waals surface area contributed by atoms with Crippen molar-refractivity contribution in [2.24, 2.45) is 0 Å². The van der Waals surface area contributed by atoms with Gasteiger partial charge in [-0.15, -0.1) is 0 Å². The van der Waals surface area contributed by atoms with Gasteiger partial charge in [0.25, 0.3) is 5.91 Å². The monoisotopic (exact) mass is 495 g/mol. The van der Waals surface area contributed by atoms with E-state index in [0.717, 1.165) is 17.4 Å². The molecule has 0 aliphatic rings. The Morgan fingerprint density at radius 3 is 2.57 bits per heavy atom. The van der Waals surface area contributed by atoms with Crippen LogP contribution < -0.4 is 19.5 Å². The van der Waals surface area contributed by atoms with Crippen LogP contribution in [0, 0.1) is 6.92 Å². The first kappa shape index (κ1) is 24.0. The van der Waals surface area contributed by atoms with Crippen LogP contribution in [-0.2, 0) is 16.6 Å². The summed E-state index contributed by atoms with van der Waals surface area (Å²) in [6.45, 7) is 2.20. The zero-order valence-corrected chi connectivity index (χ0v) is 20.5. The molecule has 0 atom stereocenters. The fourth-order valence-electron chi connectivity index (χ4n) is 3.57. The number of sulfonamides is 1. The number of hydrogen-bond donors (Lipinski definition) is 2. The van der Waals surface area contributed by atoms with Crippen LogP contribution in [0.3, 0.4) is 0 Å². The Morgan fingerprint density at radius 1 is 1.06 bits per heavy atom. The fraction of sp³-hybridized carbons (Fsp3) is 0.208. The molecule has 0 radical (unpaired) electrons. The highest BCUT2D eigenvalue weighted by Gasteiger charge is 2.14. The van der Waals surface area contributed by atoms with E-state index in [1.54, 1.807) is 62.4 Å². The first-order valence-corrected chi connectivity index (χ1v) is 12.5. The molecule has 2 aromatic heterocycles. The molecule has 10 nitrogen and oxygen atoms in total. The number of ether oxygens (including phenoxy) is 2. The molecule has 0 spiro atoms. The largest absolute Gasteiger partial charge is 0.497 e. The van der Waals surface area contributed by atoms with Crippen LogP contribution >= 0.6 is 0 Å². The van der Waals surface area contributed by atoms with E-state index < -0.39 is 10.0 Å². The maximum absolute atomic E-state index is 12.8. The highest BCUT2D eigenvalue weighted by atomic mass is 32.2. The third-order valence-electron chi connectivity index (χ3n) is 5.34. The number of methoxy groups -OCH3 is 2. The van der Waals surface area contributed by atoms with E-state index in [2.05, 4.69) is 20.1 Å². The summed E-state index contributed by atoms with van der Waals surface area (Å²) in [5, 5.41) is 7.90. The van der Waals surface area contributed by atoms with Gasteiger partial charge in [0.2, 0.25) is 10.0 Å². The molecule has 4 aromatic rings. The first-order chi connectivity index (χ1) is 16.7. The van der Waals surface area contributed by atoms with Crippen molar-refractivity contribution < 1.29 is 22.7 Å². The number of hydrogen-bond acceptors (Lipinski definition) is 7. The number of nitrogens with one attached hydrogen (secondary N) is 2. The van der Waals surface area contributed by atoms with Crippen LogP contribution in [-0.4, -0.2) is 49.6 Å². The maximum Gasteiger partial charge on any atom is 0.257 e. The highest BCUT2D eigenvalue weighted by Crippen LogP contribution is 2.26. The number of benzene rings is 2. The van der Waals surface area contributed by atoms with Crippen LogP contribution in [0.2, 0.25) is 0 Å². The van der Waals surface area contributed by atoms with Crippen LogP contribution in [0.4, 0.5) is 11.4 Å². The van der Waals surface area contributed by atoms with Crippen molar-refractivity contribution in [1.82, 2.24) is 14.8 Å². The summed E-state index contributed by atoms with van der Waals surface area (Å²) < 4.78 is 38.1. The topological polar surface area (TPSA) is 124 Å². The molecule has 11 heteroatoms. The Labute approximate surface area is 202 Å². The van der Waals surface area contributed by atoms with Crippen molar-refractivity contribution in [1.29, 1.82) is 0 Å². The highest BCUT2D eigenvalue weighted by molar-refractivity contribution is 7.92. The Bertz CT molecular complexity index is 1510. The molecular formula is C24H25N5O5S. The second-order valence-corrected chi connectivity index (χ2v) is 9.72. The van der Waals surface area contributed by atoms with E-state index in [1.807, 2.05) is 12.1 Å². The van der Waals surface area contributed by atoms with Crippen LogP contribution in [0.15, 0.2) is 54.9 Å². The molecule has 4 rings (SSSR count). The number of carbonyl (C=O) groups excluding carboxylic acids is 1. The van der Waals surface area contributed by atoms with Gasteiger partial charge in [-0.1, -0.05) is 6.07 Å². The van der Waals surface area contributed by atoms with Gasteiger partial charge in [-0.05, 0) is 42.8 Å². The summed E-state index contributed by atoms with van der Waals surface area (Å²) in [4.78, 5) is 17.3. The van der Waals surface area contributed by atoms with Crippen molar-refractivity contribution in [2.45, 2.75) is 13.5 Å². The third kappa shape index (κ3) is 5.52. The maximum atomic E-state index is 12.8. The molecule has 0 bridgehead atoms. The number of fused-ring (bicyclic) bond motifs is 1. The van der Waals surface area contributed by atoms with Crippen molar-refractivity contribution in [3.8, 4) is 11.5 Å². The van der Waals surface area contributed by atoms with Crippen LogP contribution in [0.25, 0.3) is 11.0 Å². The number of amides is 1. The summed E-state index contributed by atoms with van der Waals surface area (Å²) >= 11 is 0. The van der Waals surface area contributed by atoms with E-state index in [4.69, 9.17) is 9.47 Å². The number of anilines is 2. The summed E-state index contributed by atoms with van der Waals surface area (Å²) in [6, 6.07) is 12.3. The molecule has 0 saturated carbocycles. The number of nitrogens with zero attached hydrogens (tertiary/aromatic N) is 3. The zero-order chi connectivity index (χ0) is 25.2. The standard InChI is InChI=1S/C24H25N5O5S/c1-15-5-7-19(10-21(15)28-35(4,31)32)27-24(30)18-9-17-13-26-29(23(17)25-12-18)14-16-6-8-20(33-2)11-22(16)34-3/h5-13,28H,14H2,1-4H3,(H,27,30). The first-order valence-electron chi connectivity index (χ1n) is 10.6. The lowest BCUT2D eigenvalue weighted by atomic mass is 10.1. The second-order valence-electron chi connectivity index (χ2n) is 7.97. The van der Waals surface area contributed by atoms with E-state index >= 15 is 0 Å². The molecule has 0 fully saturated rings. The smallest absolute Gasteiger partial charge is 0.257 e. The number of rotatable bonds is 8. The Morgan fingerprint density at radius 2 is 1.86 bits per heavy atom. The summed E-state index contributed by atoms with van der Waals surface area (Å²) in [7, 11) is -0.257. The van der Waals surface area contributed by atoms with Gasteiger partial charge in [-0.3, -0.25) is 9.52 Å². The van der Waals surface area contributed by atoms with Crippen molar-refractivity contribution in [3.05, 3.63) is 71.5 Å². The minimum Gasteiger partial charge on any atom is -0.497 e. The van der Waals surface area contributed by atoms with Gasteiger partial charge in [0, 0.05) is 28.9 Å². The van der Waals surface area contributed by atoms with E-state index in [1.165, 1.54) is 6.20 Å². The lowest BCUT2D eigenvalue weighted by Gasteiger charge is -2.12. The third-order valence-corrected chi connectivity index (χ3v) is 5.93. The second kappa shape index (κ2) is 9.63. The van der Waals surface area contributed by atoms with Gasteiger partial charge >= 0.3 is 0 Å². The zero-order valence-electron chi connectivity index (χ0n) is 19.7. The van der Waals surface area contributed by atoms with Gasteiger partial charge in [-0.25, -0.2) is 18.1 Å². The summed E-state index contributed by atoms with van der Waals surface area (Å²) in [6.07, 6.45) is 4.20. The predicted molar refractivity (Wildman–Crippen MR) is 134 cm³/mol. The Kier molecular flexibility index (Phi) is 6.61. The van der Waals surface area contributed by atoms with Gasteiger partial charge in [-0.2, -0.15) is 5.10 Å². The van der Waals surface area contributed by atoms with Crippen molar-refractivity contribution >= 4 is 38.3 Å². The quantitative estimate of drug-likeness (QED) is 0.384. The predicted octanol–water partition coefficient (Wildman–Crippen LogP) is 3.43. The number of aryl methyl sites for hydroxylation is 1. The van der Waals surface area contributed by atoms with Crippen molar-refractivity contribution in [3.63, 3.8) is 0 Å². The lowest BCUT2D eigenvalue weighted by molar-refractivity contribution is 0.102. The fourth-order valence-corrected chi connectivity index (χ4v) is 4.19. The van der Waals surface area contributed by atoms with E-state index in [0.29, 0.717) is 46.0 Å². The van der Waals surface area contributed by atoms with Gasteiger partial charge in [0.05, 0.1) is 44.5 Å². The molecule has 2 N–H and O–H groups in total. The molecule has 2 heterocycles. The minimum absolute atomic E-state index is 0.345. The Hall–Kier alpha value is -4.12. The van der Waals surface area contributed by atoms with Crippen LogP contribution in [0.1, 0.15) is 21.5 Å². The molecule has 1 amide bonds. The molecule has 35 heavy (non-hydrogen) atoms. The average molecular weight is 496 g/mol. The van der Waals surface area contributed by atoms with Crippen LogP contribution in [0.5, 0.6) is 11.5 Å². The molecular weight excluding hydrogens is 470 g/mol. The van der Waals surface area contributed by atoms with Gasteiger partial charge in [0.15, 0.2) is 5.65 Å². The Balaban J connectivity index is 1.55. The molecule has 0 aliphatic heterocycles. The average Bonchev–Trinajstić information content (AvgIpc) is 3.22. The lowest BCUT2D eigenvalue weighted by Crippen LogP contribution is -2.14. The number of pyridine rings is 1. The number of carbonyl (C=O) groups is 1. The van der Waals surface area contributed by atoms with Gasteiger partial charge < -0.3 is 14.8 Å². The summed E-state index contributed by atoms with van der Waals surface area (Å²) in [5.41, 5.74) is 3.45. The van der Waals surface area contributed by atoms with Gasteiger partial charge in [0.1, 0.15) is 11.5 Å². The van der Waals surface area contributed by atoms with E-state index in [-0.39, 0.29) is 5.91 Å². The minimum atomic E-state index is -3.45. The molecule has 182 valence electrons. The molecule has 0 saturated heterocycles. The molecule has 0 aliphatic carbocycles. The molecule has 0 unspecified atom stereocenters. The number of aromatic nitrogens is 3. The summed E-state index contributed by atoms with van der Waals surface area (Å²) in [5.74, 6) is 0.988. The van der Waals surface area contributed by atoms with E-state index in [9.17, 15) is 13.2 Å². The SMILES string of the molecule is COc1ccc(Cn2ncc3cc(C(=O)Nc4ccc(C)c(NS(C)(=O)=O)c4)cnc32)c(OC)c1. The van der Waals surface area contributed by atoms with Crippen molar-refractivity contribution in [2.75, 3.05) is 30.5 Å².